The normalized spacial score (nSPS) is 13.9. The first-order valence-electron chi connectivity index (χ1n) is 20.0. The number of methoxy groups -OCH3 is 2. The van der Waals surface area contributed by atoms with Gasteiger partial charge < -0.3 is 38.8 Å². The number of anilines is 3. The van der Waals surface area contributed by atoms with Crippen molar-refractivity contribution < 1.29 is 33.3 Å². The van der Waals surface area contributed by atoms with E-state index in [0.29, 0.717) is 49.4 Å². The molecule has 312 valence electrons. The Morgan fingerprint density at radius 1 is 0.828 bits per heavy atom. The molecule has 0 spiro atoms. The summed E-state index contributed by atoms with van der Waals surface area (Å²) in [5.74, 6) is 2.03. The number of nitrogens with zero attached hydrogens (tertiary/aromatic N) is 2. The second kappa shape index (κ2) is 18.4. The fourth-order valence-electron chi connectivity index (χ4n) is 7.00. The van der Waals surface area contributed by atoms with Gasteiger partial charge >= 0.3 is 0 Å². The van der Waals surface area contributed by atoms with Crippen molar-refractivity contribution in [2.24, 2.45) is 5.41 Å². The van der Waals surface area contributed by atoms with Crippen LogP contribution in [0.5, 0.6) is 23.0 Å². The lowest BCUT2D eigenvalue weighted by molar-refractivity contribution is -0.134. The maximum Gasteiger partial charge on any atom is 0.260 e. The molecule has 0 radical (unpaired) electrons. The van der Waals surface area contributed by atoms with E-state index in [1.165, 1.54) is 0 Å². The van der Waals surface area contributed by atoms with Crippen LogP contribution in [0.25, 0.3) is 0 Å². The number of carbonyl (C=O) groups excluding carboxylic acids is 2. The van der Waals surface area contributed by atoms with E-state index in [-0.39, 0.29) is 31.6 Å². The second-order valence-corrected chi connectivity index (χ2v) is 18.3. The van der Waals surface area contributed by atoms with Gasteiger partial charge in [0.2, 0.25) is 5.91 Å². The van der Waals surface area contributed by atoms with Crippen LogP contribution in [0.15, 0.2) is 72.8 Å². The maximum absolute atomic E-state index is 14.9. The van der Waals surface area contributed by atoms with Crippen molar-refractivity contribution in [3.05, 3.63) is 101 Å². The highest BCUT2D eigenvalue weighted by molar-refractivity contribution is 7.39. The molecule has 0 saturated carbocycles. The van der Waals surface area contributed by atoms with Gasteiger partial charge in [0.15, 0.2) is 23.0 Å². The Morgan fingerprint density at radius 2 is 1.47 bits per heavy atom. The topological polar surface area (TPSA) is 98.8 Å². The summed E-state index contributed by atoms with van der Waals surface area (Å²) in [4.78, 5) is 32.6. The molecule has 0 aromatic heterocycles. The molecule has 1 heterocycles. The quantitative estimate of drug-likeness (QED) is 0.105. The smallest absolute Gasteiger partial charge is 0.260 e. The van der Waals surface area contributed by atoms with Gasteiger partial charge in [-0.1, -0.05) is 39.8 Å². The Balaban J connectivity index is 1.54. The van der Waals surface area contributed by atoms with Gasteiger partial charge in [-0.05, 0) is 133 Å². The van der Waals surface area contributed by atoms with Gasteiger partial charge in [-0.2, -0.15) is 0 Å². The van der Waals surface area contributed by atoms with Gasteiger partial charge in [0.25, 0.3) is 5.91 Å². The van der Waals surface area contributed by atoms with E-state index in [9.17, 15) is 9.59 Å². The number of aryl methyl sites for hydroxylation is 1. The lowest BCUT2D eigenvalue weighted by Crippen LogP contribution is -2.53. The van der Waals surface area contributed by atoms with Gasteiger partial charge in [-0.25, -0.2) is 0 Å². The molecule has 1 aliphatic rings. The zero-order chi connectivity index (χ0) is 42.4. The molecule has 4 aromatic carbocycles. The van der Waals surface area contributed by atoms with E-state index in [4.69, 9.17) is 23.7 Å². The Morgan fingerprint density at radius 3 is 2.07 bits per heavy atom. The highest BCUT2D eigenvalue weighted by Crippen LogP contribution is 2.43. The number of para-hydroxylation sites is 1. The van der Waals surface area contributed by atoms with Crippen LogP contribution < -0.4 is 34.1 Å². The largest absolute Gasteiger partial charge is 0.493 e. The predicted molar refractivity (Wildman–Crippen MR) is 237 cm³/mol. The number of hydrogen-bond acceptors (Lipinski definition) is 8. The summed E-state index contributed by atoms with van der Waals surface area (Å²) in [6.07, 6.45) is 1.55. The average molecular weight is 812 g/mol. The standard InChI is InChI=1S/C47H62N3O7P/c1-13-47(8,58-12)50(44(52)46(6,7)30-57-45(3,4)5)35-24-32(28-55-39-19-18-31(2)22-40(39)53-10)23-33(25-35)29-56-42-27-37(48-9)36(26-41(42)54-11)43(51)49-21-20-34-16-14-15-17-38(34)49/h14-19,22-27,48,58H,13,20-21,28-30H2,1-12H3. The van der Waals surface area contributed by atoms with Gasteiger partial charge in [-0.3, -0.25) is 9.59 Å². The molecule has 10 nitrogen and oxygen atoms in total. The van der Waals surface area contributed by atoms with E-state index in [2.05, 4.69) is 31.9 Å². The Bertz CT molecular complexity index is 2090. The second-order valence-electron chi connectivity index (χ2n) is 16.7. The Kier molecular flexibility index (Phi) is 14.1. The minimum Gasteiger partial charge on any atom is -0.493 e. The third-order valence-electron chi connectivity index (χ3n) is 10.7. The zero-order valence-electron chi connectivity index (χ0n) is 36.4. The molecule has 5 rings (SSSR count). The van der Waals surface area contributed by atoms with Crippen molar-refractivity contribution >= 4 is 37.5 Å². The molecule has 58 heavy (non-hydrogen) atoms. The van der Waals surface area contributed by atoms with Crippen LogP contribution in [0, 0.1) is 12.3 Å². The molecule has 0 fully saturated rings. The molecule has 2 unspecified atom stereocenters. The zero-order valence-corrected chi connectivity index (χ0v) is 37.4. The third-order valence-corrected chi connectivity index (χ3v) is 12.4. The lowest BCUT2D eigenvalue weighted by atomic mass is 9.90. The first kappa shape index (κ1) is 44.3. The molecule has 2 atom stereocenters. The molecule has 1 N–H and O–H groups in total. The highest BCUT2D eigenvalue weighted by Gasteiger charge is 2.42. The predicted octanol–water partition coefficient (Wildman–Crippen LogP) is 10.0. The Hall–Kier alpha value is -4.79. The van der Waals surface area contributed by atoms with Gasteiger partial charge in [0.05, 0.1) is 48.4 Å². The molecular weight excluding hydrogens is 750 g/mol. The van der Waals surface area contributed by atoms with E-state index in [1.54, 1.807) is 27.3 Å². The fraction of sp³-hybridized carbons (Fsp3) is 0.447. The van der Waals surface area contributed by atoms with E-state index in [0.717, 1.165) is 46.5 Å². The number of fused-ring (bicyclic) bond motifs is 1. The molecule has 11 heteroatoms. The minimum atomic E-state index is -0.824. The first-order chi connectivity index (χ1) is 27.5. The van der Waals surface area contributed by atoms with Gasteiger partial charge in [-0.15, -0.1) is 0 Å². The van der Waals surface area contributed by atoms with Crippen molar-refractivity contribution in [1.82, 2.24) is 0 Å². The first-order valence-corrected chi connectivity index (χ1v) is 21.5. The van der Waals surface area contributed by atoms with Crippen LogP contribution in [0.4, 0.5) is 17.1 Å². The third kappa shape index (κ3) is 10.1. The van der Waals surface area contributed by atoms with E-state index >= 15 is 0 Å². The van der Waals surface area contributed by atoms with Crippen molar-refractivity contribution in [3.63, 3.8) is 0 Å². The molecule has 0 bridgehead atoms. The molecular formula is C47H62N3O7P. The summed E-state index contributed by atoms with van der Waals surface area (Å²) in [6, 6.07) is 23.5. The van der Waals surface area contributed by atoms with Crippen molar-refractivity contribution in [3.8, 4) is 23.0 Å². The van der Waals surface area contributed by atoms with Crippen LogP contribution in [0.1, 0.15) is 87.5 Å². The molecule has 4 aromatic rings. The van der Waals surface area contributed by atoms with Crippen molar-refractivity contribution in [2.45, 2.75) is 92.3 Å². The Labute approximate surface area is 347 Å². The van der Waals surface area contributed by atoms with E-state index < -0.39 is 16.3 Å². The number of carbonyl (C=O) groups is 2. The molecule has 2 amide bonds. The molecule has 0 aliphatic carbocycles. The summed E-state index contributed by atoms with van der Waals surface area (Å²) in [6.45, 7) is 19.6. The van der Waals surface area contributed by atoms with E-state index in [1.807, 2.05) is 112 Å². The van der Waals surface area contributed by atoms with Crippen molar-refractivity contribution in [2.75, 3.05) is 56.2 Å². The number of nitrogens with one attached hydrogen (secondary N) is 1. The maximum atomic E-state index is 14.9. The van der Waals surface area contributed by atoms with Crippen molar-refractivity contribution in [1.29, 1.82) is 0 Å². The summed E-state index contributed by atoms with van der Waals surface area (Å²) in [5, 5.41) is 2.73. The summed E-state index contributed by atoms with van der Waals surface area (Å²) < 4.78 is 30.6. The number of benzene rings is 4. The van der Waals surface area contributed by atoms with Crippen LogP contribution >= 0.6 is 8.58 Å². The number of rotatable bonds is 17. The number of amides is 2. The van der Waals surface area contributed by atoms with Crippen LogP contribution in [0.2, 0.25) is 0 Å². The monoisotopic (exact) mass is 811 g/mol. The SMILES string of the molecule is CCC(C)(PC)N(C(=O)C(C)(C)COC(C)(C)C)c1cc(COc2ccc(C)cc2OC)cc(COc2cc(NC)c(C(=O)N3CCc4ccccc43)cc2OC)c1. The van der Waals surface area contributed by atoms with Crippen LogP contribution in [0.3, 0.4) is 0 Å². The lowest BCUT2D eigenvalue weighted by Gasteiger charge is -2.44. The highest BCUT2D eigenvalue weighted by atomic mass is 31.1. The summed E-state index contributed by atoms with van der Waals surface area (Å²) in [7, 11) is 5.42. The molecule has 0 saturated heterocycles. The summed E-state index contributed by atoms with van der Waals surface area (Å²) >= 11 is 0. The fourth-order valence-corrected chi connectivity index (χ4v) is 7.81. The minimum absolute atomic E-state index is 0.0261. The van der Waals surface area contributed by atoms with Crippen LogP contribution in [-0.4, -0.2) is 63.8 Å². The van der Waals surface area contributed by atoms with Crippen LogP contribution in [-0.2, 0) is 29.2 Å². The summed E-state index contributed by atoms with van der Waals surface area (Å²) in [5.41, 5.74) is 5.46. The van der Waals surface area contributed by atoms with Gasteiger partial charge in [0, 0.05) is 31.0 Å². The van der Waals surface area contributed by atoms with Gasteiger partial charge in [0.1, 0.15) is 13.2 Å². The number of hydrogen-bond donors (Lipinski definition) is 1. The number of ether oxygens (including phenoxy) is 5. The average Bonchev–Trinajstić information content (AvgIpc) is 3.65. The molecule has 1 aliphatic heterocycles.